The van der Waals surface area contributed by atoms with Crippen LogP contribution in [0.15, 0.2) is 23.8 Å². The summed E-state index contributed by atoms with van der Waals surface area (Å²) in [6, 6.07) is 3.77. The summed E-state index contributed by atoms with van der Waals surface area (Å²) >= 11 is 0. The van der Waals surface area contributed by atoms with E-state index in [9.17, 15) is 0 Å². The fourth-order valence-corrected chi connectivity index (χ4v) is 1.06. The third-order valence-electron chi connectivity index (χ3n) is 1.85. The summed E-state index contributed by atoms with van der Waals surface area (Å²) in [6.07, 6.45) is 2.10. The van der Waals surface area contributed by atoms with E-state index in [1.54, 1.807) is 0 Å². The standard InChI is InChI=1S/C11H17N3/c1-8(2)6-7-13-11-10(12)5-4-9(3)14-11/h4-6H,7,12H2,1-3H3,(H,13,14). The number of aryl methyl sites for hydroxylation is 1. The van der Waals surface area contributed by atoms with Crippen LogP contribution in [0.3, 0.4) is 0 Å². The Hall–Kier alpha value is -1.51. The first kappa shape index (κ1) is 10.6. The van der Waals surface area contributed by atoms with Crippen molar-refractivity contribution < 1.29 is 0 Å². The third-order valence-corrected chi connectivity index (χ3v) is 1.85. The summed E-state index contributed by atoms with van der Waals surface area (Å²) in [4.78, 5) is 4.30. The summed E-state index contributed by atoms with van der Waals surface area (Å²) in [7, 11) is 0. The van der Waals surface area contributed by atoms with Gasteiger partial charge in [0, 0.05) is 12.2 Å². The molecule has 0 unspecified atom stereocenters. The SMILES string of the molecule is CC(C)=CCNc1nc(C)ccc1N. The Morgan fingerprint density at radius 3 is 2.86 bits per heavy atom. The highest BCUT2D eigenvalue weighted by molar-refractivity contribution is 5.61. The van der Waals surface area contributed by atoms with E-state index in [0.717, 1.165) is 18.1 Å². The highest BCUT2D eigenvalue weighted by Gasteiger charge is 1.98. The molecule has 0 fully saturated rings. The second-order valence-corrected chi connectivity index (χ2v) is 3.55. The number of nitrogens with one attached hydrogen (secondary N) is 1. The molecule has 0 aromatic carbocycles. The topological polar surface area (TPSA) is 50.9 Å². The van der Waals surface area contributed by atoms with Gasteiger partial charge in [-0.05, 0) is 32.9 Å². The first-order valence-electron chi connectivity index (χ1n) is 4.70. The van der Waals surface area contributed by atoms with Crippen molar-refractivity contribution in [1.82, 2.24) is 4.98 Å². The molecular formula is C11H17N3. The predicted octanol–water partition coefficient (Wildman–Crippen LogP) is 2.35. The number of nitrogens with zero attached hydrogens (tertiary/aromatic N) is 1. The largest absolute Gasteiger partial charge is 0.396 e. The Kier molecular flexibility index (Phi) is 3.51. The number of nitrogens with two attached hydrogens (primary N) is 1. The van der Waals surface area contributed by atoms with E-state index < -0.39 is 0 Å². The molecule has 3 heteroatoms. The number of aromatic nitrogens is 1. The molecule has 1 aromatic heterocycles. The Balaban J connectivity index is 2.67. The van der Waals surface area contributed by atoms with Crippen molar-refractivity contribution in [3.05, 3.63) is 29.5 Å². The van der Waals surface area contributed by atoms with Gasteiger partial charge >= 0.3 is 0 Å². The molecule has 0 spiro atoms. The van der Waals surface area contributed by atoms with Crippen LogP contribution >= 0.6 is 0 Å². The maximum absolute atomic E-state index is 5.76. The molecule has 0 aliphatic rings. The minimum Gasteiger partial charge on any atom is -0.396 e. The van der Waals surface area contributed by atoms with Gasteiger partial charge in [-0.2, -0.15) is 0 Å². The van der Waals surface area contributed by atoms with E-state index in [2.05, 4.69) is 30.2 Å². The van der Waals surface area contributed by atoms with Gasteiger partial charge < -0.3 is 11.1 Å². The second-order valence-electron chi connectivity index (χ2n) is 3.55. The minimum absolute atomic E-state index is 0.692. The molecule has 0 atom stereocenters. The monoisotopic (exact) mass is 191 g/mol. The molecule has 0 aliphatic carbocycles. The Morgan fingerprint density at radius 2 is 2.21 bits per heavy atom. The van der Waals surface area contributed by atoms with Crippen LogP contribution in [-0.4, -0.2) is 11.5 Å². The molecule has 3 nitrogen and oxygen atoms in total. The van der Waals surface area contributed by atoms with Crippen molar-refractivity contribution in [2.45, 2.75) is 20.8 Å². The number of anilines is 2. The molecule has 3 N–H and O–H groups in total. The molecule has 0 saturated carbocycles. The summed E-state index contributed by atoms with van der Waals surface area (Å²) in [5, 5.41) is 3.17. The van der Waals surface area contributed by atoms with E-state index in [1.165, 1.54) is 5.57 Å². The maximum atomic E-state index is 5.76. The molecule has 0 saturated heterocycles. The summed E-state index contributed by atoms with van der Waals surface area (Å²) < 4.78 is 0. The van der Waals surface area contributed by atoms with Gasteiger partial charge in [-0.15, -0.1) is 0 Å². The Labute approximate surface area is 85.0 Å². The fraction of sp³-hybridized carbons (Fsp3) is 0.364. The van der Waals surface area contributed by atoms with Crippen molar-refractivity contribution in [3.8, 4) is 0 Å². The normalized spacial score (nSPS) is 9.64. The summed E-state index contributed by atoms with van der Waals surface area (Å²) in [6.45, 7) is 6.85. The summed E-state index contributed by atoms with van der Waals surface area (Å²) in [5.74, 6) is 0.766. The lowest BCUT2D eigenvalue weighted by Crippen LogP contribution is -2.05. The van der Waals surface area contributed by atoms with Crippen LogP contribution in [0.25, 0.3) is 0 Å². The zero-order valence-corrected chi connectivity index (χ0v) is 8.96. The molecule has 0 amide bonds. The fourth-order valence-electron chi connectivity index (χ4n) is 1.06. The van der Waals surface area contributed by atoms with Gasteiger partial charge in [-0.3, -0.25) is 0 Å². The number of hydrogen-bond acceptors (Lipinski definition) is 3. The average molecular weight is 191 g/mol. The first-order chi connectivity index (χ1) is 6.59. The first-order valence-corrected chi connectivity index (χ1v) is 4.70. The van der Waals surface area contributed by atoms with Crippen molar-refractivity contribution in [1.29, 1.82) is 0 Å². The third kappa shape index (κ3) is 3.09. The molecule has 76 valence electrons. The van der Waals surface area contributed by atoms with Crippen molar-refractivity contribution in [2.75, 3.05) is 17.6 Å². The molecule has 1 heterocycles. The number of hydrogen-bond donors (Lipinski definition) is 2. The number of nitrogen functional groups attached to an aromatic ring is 1. The highest BCUT2D eigenvalue weighted by Crippen LogP contribution is 2.14. The lowest BCUT2D eigenvalue weighted by molar-refractivity contribution is 1.16. The van der Waals surface area contributed by atoms with E-state index >= 15 is 0 Å². The number of pyridine rings is 1. The minimum atomic E-state index is 0.692. The van der Waals surface area contributed by atoms with E-state index in [1.807, 2.05) is 19.1 Å². The molecular weight excluding hydrogens is 174 g/mol. The van der Waals surface area contributed by atoms with E-state index in [4.69, 9.17) is 5.73 Å². The molecule has 1 rings (SSSR count). The van der Waals surface area contributed by atoms with Crippen LogP contribution in [0.5, 0.6) is 0 Å². The lowest BCUT2D eigenvalue weighted by Gasteiger charge is -2.06. The van der Waals surface area contributed by atoms with Gasteiger partial charge in [0.15, 0.2) is 0 Å². The molecule has 14 heavy (non-hydrogen) atoms. The van der Waals surface area contributed by atoms with Crippen LogP contribution in [0.1, 0.15) is 19.5 Å². The van der Waals surface area contributed by atoms with Gasteiger partial charge in [0.25, 0.3) is 0 Å². The van der Waals surface area contributed by atoms with Gasteiger partial charge in [-0.1, -0.05) is 11.6 Å². The van der Waals surface area contributed by atoms with Crippen molar-refractivity contribution in [2.24, 2.45) is 0 Å². The van der Waals surface area contributed by atoms with Gasteiger partial charge in [0.2, 0.25) is 0 Å². The maximum Gasteiger partial charge on any atom is 0.149 e. The van der Waals surface area contributed by atoms with Gasteiger partial charge in [0.1, 0.15) is 5.82 Å². The number of rotatable bonds is 3. The zero-order valence-electron chi connectivity index (χ0n) is 8.96. The molecule has 1 aromatic rings. The van der Waals surface area contributed by atoms with Crippen LogP contribution in [0.4, 0.5) is 11.5 Å². The van der Waals surface area contributed by atoms with E-state index in [-0.39, 0.29) is 0 Å². The second kappa shape index (κ2) is 4.65. The van der Waals surface area contributed by atoms with Gasteiger partial charge in [-0.25, -0.2) is 4.98 Å². The average Bonchev–Trinajstić information content (AvgIpc) is 2.10. The van der Waals surface area contributed by atoms with Gasteiger partial charge in [0.05, 0.1) is 5.69 Å². The predicted molar refractivity (Wildman–Crippen MR) is 61.3 cm³/mol. The Morgan fingerprint density at radius 1 is 1.50 bits per heavy atom. The van der Waals surface area contributed by atoms with E-state index in [0.29, 0.717) is 5.69 Å². The van der Waals surface area contributed by atoms with Crippen molar-refractivity contribution in [3.63, 3.8) is 0 Å². The van der Waals surface area contributed by atoms with Crippen LogP contribution in [-0.2, 0) is 0 Å². The highest BCUT2D eigenvalue weighted by atomic mass is 15.0. The summed E-state index contributed by atoms with van der Waals surface area (Å²) in [5.41, 5.74) is 8.71. The van der Waals surface area contributed by atoms with Crippen LogP contribution in [0, 0.1) is 6.92 Å². The quantitative estimate of drug-likeness (QED) is 0.721. The molecule has 0 radical (unpaired) electrons. The Bertz CT molecular complexity index is 338. The number of allylic oxidation sites excluding steroid dienone is 1. The molecule has 0 bridgehead atoms. The zero-order chi connectivity index (χ0) is 10.6. The lowest BCUT2D eigenvalue weighted by atomic mass is 10.3. The van der Waals surface area contributed by atoms with Crippen molar-refractivity contribution >= 4 is 11.5 Å². The molecule has 0 aliphatic heterocycles. The van der Waals surface area contributed by atoms with Crippen LogP contribution < -0.4 is 11.1 Å². The smallest absolute Gasteiger partial charge is 0.149 e. The van der Waals surface area contributed by atoms with Crippen LogP contribution in [0.2, 0.25) is 0 Å².